The summed E-state index contributed by atoms with van der Waals surface area (Å²) in [5.74, 6) is 0. The molecule has 0 N–H and O–H groups in total. The highest BCUT2D eigenvalue weighted by atomic mass is 13.8. The summed E-state index contributed by atoms with van der Waals surface area (Å²) >= 11 is 0. The second-order valence-electron chi connectivity index (χ2n) is 1.82. The zero-order valence-electron chi connectivity index (χ0n) is 4.72. The van der Waals surface area contributed by atoms with E-state index in [2.05, 4.69) is 13.2 Å². The number of hydrogen-bond acceptors (Lipinski definition) is 0. The summed E-state index contributed by atoms with van der Waals surface area (Å²) in [7, 11) is 0. The van der Waals surface area contributed by atoms with Crippen LogP contribution in [0.3, 0.4) is 0 Å². The van der Waals surface area contributed by atoms with Gasteiger partial charge < -0.3 is 0 Å². The molecule has 1 rings (SSSR count). The van der Waals surface area contributed by atoms with Crippen LogP contribution in [-0.4, -0.2) is 0 Å². The Morgan fingerprint density at radius 2 is 2.25 bits per heavy atom. The first-order valence-electron chi connectivity index (χ1n) is 2.53. The van der Waals surface area contributed by atoms with Gasteiger partial charge in [-0.2, -0.15) is 0 Å². The van der Waals surface area contributed by atoms with Crippen LogP contribution < -0.4 is 10.4 Å². The van der Waals surface area contributed by atoms with E-state index in [1.165, 1.54) is 0 Å². The summed E-state index contributed by atoms with van der Waals surface area (Å²) in [5, 5.41) is 2.05. The van der Waals surface area contributed by atoms with Crippen molar-refractivity contribution >= 4 is 13.2 Å². The fraction of sp³-hybridized carbons (Fsp3) is 0. The Kier molecular flexibility index (Phi) is 1.17. The van der Waals surface area contributed by atoms with Crippen molar-refractivity contribution in [3.63, 3.8) is 0 Å². The van der Waals surface area contributed by atoms with Gasteiger partial charge in [0.15, 0.2) is 0 Å². The summed E-state index contributed by atoms with van der Waals surface area (Å²) in [4.78, 5) is 0. The molecule has 1 aromatic rings. The van der Waals surface area contributed by atoms with Gasteiger partial charge in [0.05, 0.1) is 0 Å². The molecule has 0 spiro atoms. The molecule has 0 aliphatic carbocycles. The van der Waals surface area contributed by atoms with Crippen LogP contribution in [0.1, 0.15) is 0 Å². The van der Waals surface area contributed by atoms with Gasteiger partial charge in [-0.15, -0.1) is 0 Å². The largest absolute Gasteiger partial charge is 0.0917 e. The average Bonchev–Trinajstić information content (AvgIpc) is 1.64. The second-order valence-corrected chi connectivity index (χ2v) is 1.82. The van der Waals surface area contributed by atoms with E-state index < -0.39 is 0 Å². The van der Waals surface area contributed by atoms with Gasteiger partial charge in [0.2, 0.25) is 0 Å². The van der Waals surface area contributed by atoms with Gasteiger partial charge in [0.1, 0.15) is 0 Å². The first-order chi connectivity index (χ1) is 3.79. The van der Waals surface area contributed by atoms with Gasteiger partial charge in [0.25, 0.3) is 0 Å². The predicted octanol–water partition coefficient (Wildman–Crippen LogP) is 0.507. The molecule has 0 aliphatic heterocycles. The van der Waals surface area contributed by atoms with Crippen molar-refractivity contribution in [3.8, 4) is 0 Å². The maximum absolute atomic E-state index is 3.74. The molecule has 0 aromatic heterocycles. The Morgan fingerprint density at radius 3 is 2.62 bits per heavy atom. The molecular weight excluding hydrogens is 96.1 g/mol. The molecular formula is C8H8. The van der Waals surface area contributed by atoms with Crippen molar-refractivity contribution < 1.29 is 0 Å². The zero-order valence-corrected chi connectivity index (χ0v) is 4.72. The lowest BCUT2D eigenvalue weighted by Gasteiger charge is -1.79. The van der Waals surface area contributed by atoms with E-state index >= 15 is 0 Å². The zero-order chi connectivity index (χ0) is 5.98. The Morgan fingerprint density at radius 1 is 1.50 bits per heavy atom. The average molecular weight is 104 g/mol. The van der Waals surface area contributed by atoms with Crippen LogP contribution in [0.2, 0.25) is 0 Å². The van der Waals surface area contributed by atoms with Crippen LogP contribution in [-0.2, 0) is 0 Å². The normalized spacial score (nSPS) is 9.00. The van der Waals surface area contributed by atoms with Crippen molar-refractivity contribution in [2.45, 2.75) is 0 Å². The summed E-state index contributed by atoms with van der Waals surface area (Å²) in [6, 6.07) is 7.80. The van der Waals surface area contributed by atoms with E-state index in [-0.39, 0.29) is 0 Å². The maximum Gasteiger partial charge on any atom is -0.0323 e. The third-order valence-corrected chi connectivity index (χ3v) is 0.991. The van der Waals surface area contributed by atoms with Gasteiger partial charge in [-0.25, -0.2) is 0 Å². The van der Waals surface area contributed by atoms with Crippen molar-refractivity contribution in [1.82, 2.24) is 0 Å². The monoisotopic (exact) mass is 104 g/mol. The highest BCUT2D eigenvalue weighted by Crippen LogP contribution is 1.63. The lowest BCUT2D eigenvalue weighted by molar-refractivity contribution is 1.57. The SMILES string of the molecule is C=c1cc[cH+]c(=C)[cH-]1. The molecule has 0 amide bonds. The summed E-state index contributed by atoms with van der Waals surface area (Å²) in [6.07, 6.45) is 0. The van der Waals surface area contributed by atoms with Crippen molar-refractivity contribution in [1.29, 1.82) is 0 Å². The van der Waals surface area contributed by atoms with Crippen LogP contribution in [0.5, 0.6) is 0 Å². The van der Waals surface area contributed by atoms with Gasteiger partial charge in [0, 0.05) is 0 Å². The fourth-order valence-corrected chi connectivity index (χ4v) is 0.630. The third kappa shape index (κ3) is 0.969. The molecule has 0 nitrogen and oxygen atoms in total. The molecule has 0 unspecified atom stereocenters. The highest BCUT2D eigenvalue weighted by molar-refractivity contribution is 5.14. The van der Waals surface area contributed by atoms with Gasteiger partial charge in [-0.1, -0.05) is 31.4 Å². The van der Waals surface area contributed by atoms with Crippen LogP contribution in [0.25, 0.3) is 13.2 Å². The fourth-order valence-electron chi connectivity index (χ4n) is 0.630. The van der Waals surface area contributed by atoms with Gasteiger partial charge in [-0.05, 0) is 16.5 Å². The van der Waals surface area contributed by atoms with Gasteiger partial charge in [-0.3, -0.25) is 0 Å². The molecule has 0 radical (unpaired) electrons. The highest BCUT2D eigenvalue weighted by Gasteiger charge is 1.70. The summed E-state index contributed by atoms with van der Waals surface area (Å²) < 4.78 is 0. The molecule has 0 fully saturated rings. The van der Waals surface area contributed by atoms with E-state index in [4.69, 9.17) is 0 Å². The Balaban J connectivity index is 3.50. The Bertz CT molecular complexity index is 234. The first-order valence-corrected chi connectivity index (χ1v) is 2.53. The molecule has 8 heavy (non-hydrogen) atoms. The smallest absolute Gasteiger partial charge is 0.0323 e. The van der Waals surface area contributed by atoms with Crippen molar-refractivity contribution in [3.05, 3.63) is 34.7 Å². The lowest BCUT2D eigenvalue weighted by Crippen LogP contribution is -2.05. The molecule has 0 atom stereocenters. The number of rotatable bonds is 0. The lowest BCUT2D eigenvalue weighted by atomic mass is 10.3. The standard InChI is InChI=1S/C8H8/c1-7-4-3-5-8(2)6-7/h3-6H,1-2H2. The molecule has 0 heteroatoms. The van der Waals surface area contributed by atoms with E-state index in [1.54, 1.807) is 0 Å². The van der Waals surface area contributed by atoms with Crippen LogP contribution in [0.4, 0.5) is 0 Å². The van der Waals surface area contributed by atoms with Crippen LogP contribution in [0.15, 0.2) is 24.3 Å². The minimum atomic E-state index is 1.03. The minimum Gasteiger partial charge on any atom is -0.0917 e. The molecule has 0 saturated carbocycles. The van der Waals surface area contributed by atoms with Crippen LogP contribution in [0, 0.1) is 0 Å². The molecule has 1 aromatic carbocycles. The predicted molar refractivity (Wildman–Crippen MR) is 36.7 cm³/mol. The number of hydrogen-bond donors (Lipinski definition) is 0. The number of benzene rings is 1. The van der Waals surface area contributed by atoms with Crippen molar-refractivity contribution in [2.75, 3.05) is 0 Å². The molecule has 40 valence electrons. The summed E-state index contributed by atoms with van der Waals surface area (Å²) in [6.45, 7) is 7.48. The molecule has 0 aliphatic rings. The Hall–Kier alpha value is -1.04. The van der Waals surface area contributed by atoms with E-state index in [1.807, 2.05) is 24.3 Å². The molecule has 0 saturated heterocycles. The third-order valence-electron chi connectivity index (χ3n) is 0.991. The quantitative estimate of drug-likeness (QED) is 0.421. The van der Waals surface area contributed by atoms with Crippen LogP contribution >= 0.6 is 0 Å². The Labute approximate surface area is 48.8 Å². The maximum atomic E-state index is 3.74. The second kappa shape index (κ2) is 1.83. The topological polar surface area (TPSA) is 0 Å². The van der Waals surface area contributed by atoms with E-state index in [0.717, 1.165) is 10.4 Å². The molecule has 0 bridgehead atoms. The minimum absolute atomic E-state index is 1.03. The first kappa shape index (κ1) is 5.10. The summed E-state index contributed by atoms with van der Waals surface area (Å²) in [5.41, 5.74) is 0. The molecule has 0 heterocycles. The van der Waals surface area contributed by atoms with Crippen molar-refractivity contribution in [2.24, 2.45) is 0 Å². The van der Waals surface area contributed by atoms with E-state index in [0.29, 0.717) is 0 Å². The van der Waals surface area contributed by atoms with E-state index in [9.17, 15) is 0 Å². The van der Waals surface area contributed by atoms with Gasteiger partial charge >= 0.3 is 0 Å².